The molecule has 0 aliphatic heterocycles. The highest BCUT2D eigenvalue weighted by atomic mass is 32.1. The summed E-state index contributed by atoms with van der Waals surface area (Å²) in [5.41, 5.74) is 2.16. The minimum Gasteiger partial charge on any atom is -0.496 e. The fourth-order valence-electron chi connectivity index (χ4n) is 3.96. The van der Waals surface area contributed by atoms with E-state index in [1.807, 2.05) is 0 Å². The minimum atomic E-state index is -0.974. The topological polar surface area (TPSA) is 133 Å². The highest BCUT2D eigenvalue weighted by molar-refractivity contribution is 7.18. The zero-order valence-electron chi connectivity index (χ0n) is 22.1. The number of imidazole rings is 1. The van der Waals surface area contributed by atoms with Gasteiger partial charge in [-0.15, -0.1) is 0 Å². The van der Waals surface area contributed by atoms with Gasteiger partial charge >= 0.3 is 0 Å². The third-order valence-corrected chi connectivity index (χ3v) is 6.95. The molecule has 11 nitrogen and oxygen atoms in total. The Morgan fingerprint density at radius 2 is 1.72 bits per heavy atom. The van der Waals surface area contributed by atoms with Crippen LogP contribution in [0.2, 0.25) is 0 Å². The lowest BCUT2D eigenvalue weighted by molar-refractivity contribution is 0.0536. The lowest BCUT2D eigenvalue weighted by atomic mass is 10.1. The number of ether oxygens (including phenoxy) is 5. The molecular formula is C27H31N3O8S. The molecule has 0 aliphatic rings. The summed E-state index contributed by atoms with van der Waals surface area (Å²) in [7, 11) is 6.29. The molecule has 2 aromatic heterocycles. The molecule has 3 N–H and O–H groups in total. The van der Waals surface area contributed by atoms with Crippen LogP contribution < -0.4 is 29.0 Å². The fourth-order valence-corrected chi connectivity index (χ4v) is 4.85. The zero-order chi connectivity index (χ0) is 27.9. The number of benzene rings is 2. The second-order valence-corrected chi connectivity index (χ2v) is 9.45. The molecule has 0 saturated carbocycles. The van der Waals surface area contributed by atoms with Crippen LogP contribution >= 0.6 is 11.3 Å². The molecule has 0 aliphatic carbocycles. The van der Waals surface area contributed by atoms with Crippen LogP contribution in [0.15, 0.2) is 42.7 Å². The lowest BCUT2D eigenvalue weighted by Crippen LogP contribution is -2.25. The normalized spacial score (nSPS) is 11.7. The minimum absolute atomic E-state index is 0.0446. The summed E-state index contributed by atoms with van der Waals surface area (Å²) in [6.07, 6.45) is 3.06. The van der Waals surface area contributed by atoms with E-state index >= 15 is 0 Å². The third kappa shape index (κ3) is 6.36. The Morgan fingerprint density at radius 3 is 2.33 bits per heavy atom. The maximum absolute atomic E-state index is 12.9. The van der Waals surface area contributed by atoms with Crippen molar-refractivity contribution < 1.29 is 38.7 Å². The fraction of sp³-hybridized carbons (Fsp3) is 0.333. The van der Waals surface area contributed by atoms with E-state index in [4.69, 9.17) is 28.8 Å². The smallest absolute Gasteiger partial charge is 0.263 e. The van der Waals surface area contributed by atoms with Crippen molar-refractivity contribution >= 4 is 22.2 Å². The van der Waals surface area contributed by atoms with Gasteiger partial charge in [-0.3, -0.25) is 9.20 Å². The maximum atomic E-state index is 12.9. The Kier molecular flexibility index (Phi) is 9.12. The maximum Gasteiger partial charge on any atom is 0.263 e. The van der Waals surface area contributed by atoms with Crippen molar-refractivity contribution in [2.45, 2.75) is 12.5 Å². The number of amides is 1. The number of aliphatic hydroxyl groups excluding tert-OH is 2. The van der Waals surface area contributed by atoms with Crippen molar-refractivity contribution in [3.05, 3.63) is 53.2 Å². The number of aromatic nitrogens is 2. The van der Waals surface area contributed by atoms with Gasteiger partial charge in [0, 0.05) is 42.2 Å². The predicted molar refractivity (Wildman–Crippen MR) is 146 cm³/mol. The number of hydrogen-bond donors (Lipinski definition) is 3. The molecule has 1 amide bonds. The summed E-state index contributed by atoms with van der Waals surface area (Å²) in [6.45, 7) is -0.0600. The van der Waals surface area contributed by atoms with Crippen LogP contribution in [0.5, 0.6) is 28.7 Å². The van der Waals surface area contributed by atoms with E-state index in [-0.39, 0.29) is 19.1 Å². The van der Waals surface area contributed by atoms with Crippen LogP contribution in [0, 0.1) is 0 Å². The molecule has 2 aromatic carbocycles. The second kappa shape index (κ2) is 12.7. The van der Waals surface area contributed by atoms with Crippen molar-refractivity contribution in [2.75, 3.05) is 48.2 Å². The largest absolute Gasteiger partial charge is 0.496 e. The van der Waals surface area contributed by atoms with Gasteiger partial charge in [0.15, 0.2) is 4.96 Å². The predicted octanol–water partition coefficient (Wildman–Crippen LogP) is 2.80. The molecule has 0 bridgehead atoms. The van der Waals surface area contributed by atoms with Gasteiger partial charge in [0.05, 0.1) is 40.7 Å². The zero-order valence-corrected chi connectivity index (χ0v) is 22.9. The van der Waals surface area contributed by atoms with Crippen LogP contribution in [0.3, 0.4) is 0 Å². The molecule has 0 radical (unpaired) electrons. The number of hydrogen-bond acceptors (Lipinski definition) is 10. The van der Waals surface area contributed by atoms with Gasteiger partial charge in [-0.1, -0.05) is 11.3 Å². The van der Waals surface area contributed by atoms with Gasteiger partial charge in [-0.05, 0) is 24.6 Å². The average molecular weight is 558 g/mol. The number of carbonyl (C=O) groups excluding carboxylic acids is 1. The van der Waals surface area contributed by atoms with Crippen molar-refractivity contribution in [3.8, 4) is 40.0 Å². The molecule has 4 aromatic rings. The number of rotatable bonds is 13. The number of methoxy groups -OCH3 is 4. The van der Waals surface area contributed by atoms with E-state index in [2.05, 4.69) is 10.3 Å². The van der Waals surface area contributed by atoms with Gasteiger partial charge in [0.1, 0.15) is 46.3 Å². The number of nitrogens with zero attached hydrogens (tertiary/aromatic N) is 2. The summed E-state index contributed by atoms with van der Waals surface area (Å²) in [4.78, 5) is 18.7. The molecule has 0 saturated heterocycles. The van der Waals surface area contributed by atoms with Crippen molar-refractivity contribution in [3.63, 3.8) is 0 Å². The Balaban J connectivity index is 1.46. The summed E-state index contributed by atoms with van der Waals surface area (Å²) in [6, 6.07) is 8.77. The van der Waals surface area contributed by atoms with E-state index in [9.17, 15) is 9.90 Å². The lowest BCUT2D eigenvalue weighted by Gasteiger charge is -2.15. The molecule has 0 fully saturated rings. The van der Waals surface area contributed by atoms with E-state index in [1.54, 1.807) is 75.6 Å². The molecule has 2 heterocycles. The summed E-state index contributed by atoms with van der Waals surface area (Å²) >= 11 is 1.26. The Labute approximate surface area is 229 Å². The van der Waals surface area contributed by atoms with E-state index in [0.29, 0.717) is 62.8 Å². The van der Waals surface area contributed by atoms with E-state index < -0.39 is 6.10 Å². The molecule has 208 valence electrons. The van der Waals surface area contributed by atoms with Crippen LogP contribution in [0.25, 0.3) is 16.2 Å². The van der Waals surface area contributed by atoms with Gasteiger partial charge < -0.3 is 39.2 Å². The molecule has 4 rings (SSSR count). The first-order chi connectivity index (χ1) is 18.9. The SMILES string of the molecule is COc1cc(OC)c(CCNC(=O)c2cn3cc(-c4cc(OCC(O)CO)ccc4OC)nc3s2)c(OC)c1. The Hall–Kier alpha value is -4.00. The van der Waals surface area contributed by atoms with Crippen molar-refractivity contribution in [1.29, 1.82) is 0 Å². The number of carbonyl (C=O) groups is 1. The van der Waals surface area contributed by atoms with Crippen molar-refractivity contribution in [1.82, 2.24) is 14.7 Å². The standard InChI is InChI=1S/C27H31N3O8S/c1-34-18-10-23(36-3)19(24(11-18)37-4)7-8-28-26(33)25-13-30-12-21(29-27(30)39-25)20-9-17(5-6-22(20)35-2)38-15-16(32)14-31/h5-6,9-13,16,31-32H,7-8,14-15H2,1-4H3,(H,28,33). The summed E-state index contributed by atoms with van der Waals surface area (Å²) < 4.78 is 29.1. The molecular weight excluding hydrogens is 526 g/mol. The molecule has 1 atom stereocenters. The van der Waals surface area contributed by atoms with E-state index in [1.165, 1.54) is 11.3 Å². The number of aliphatic hydroxyl groups is 2. The monoisotopic (exact) mass is 557 g/mol. The van der Waals surface area contributed by atoms with Crippen LogP contribution in [0.1, 0.15) is 15.2 Å². The average Bonchev–Trinajstić information content (AvgIpc) is 3.55. The number of fused-ring (bicyclic) bond motifs is 1. The quantitative estimate of drug-likeness (QED) is 0.227. The molecule has 39 heavy (non-hydrogen) atoms. The summed E-state index contributed by atoms with van der Waals surface area (Å²) in [5.74, 6) is 2.75. The Bertz CT molecular complexity index is 1380. The second-order valence-electron chi connectivity index (χ2n) is 8.44. The van der Waals surface area contributed by atoms with Gasteiger partial charge in [-0.25, -0.2) is 4.98 Å². The van der Waals surface area contributed by atoms with Crippen LogP contribution in [-0.4, -0.2) is 79.8 Å². The highest BCUT2D eigenvalue weighted by Crippen LogP contribution is 2.35. The molecule has 0 spiro atoms. The van der Waals surface area contributed by atoms with Crippen LogP contribution in [-0.2, 0) is 6.42 Å². The van der Waals surface area contributed by atoms with Crippen molar-refractivity contribution in [2.24, 2.45) is 0 Å². The van der Waals surface area contributed by atoms with E-state index in [0.717, 1.165) is 5.56 Å². The van der Waals surface area contributed by atoms with Gasteiger partial charge in [0.25, 0.3) is 5.91 Å². The molecule has 1 unspecified atom stereocenters. The summed E-state index contributed by atoms with van der Waals surface area (Å²) in [5, 5.41) is 21.5. The number of thiazole rings is 1. The highest BCUT2D eigenvalue weighted by Gasteiger charge is 2.18. The molecule has 12 heteroatoms. The first-order valence-corrected chi connectivity index (χ1v) is 12.9. The first kappa shape index (κ1) is 28.0. The van der Waals surface area contributed by atoms with Gasteiger partial charge in [-0.2, -0.15) is 0 Å². The van der Waals surface area contributed by atoms with Gasteiger partial charge in [0.2, 0.25) is 0 Å². The first-order valence-electron chi connectivity index (χ1n) is 12.1. The third-order valence-electron chi connectivity index (χ3n) is 5.96. The van der Waals surface area contributed by atoms with Crippen LogP contribution in [0.4, 0.5) is 0 Å². The number of nitrogens with one attached hydrogen (secondary N) is 1. The Morgan fingerprint density at radius 1 is 1.00 bits per heavy atom.